The van der Waals surface area contributed by atoms with Gasteiger partial charge in [0.2, 0.25) is 15.9 Å². The molecule has 0 aliphatic heterocycles. The summed E-state index contributed by atoms with van der Waals surface area (Å²) in [5.41, 5.74) is 0. The highest BCUT2D eigenvalue weighted by atomic mass is 32.2. The zero-order valence-electron chi connectivity index (χ0n) is 13.8. The molecule has 0 radical (unpaired) electrons. The lowest BCUT2D eigenvalue weighted by Gasteiger charge is -2.22. The number of methoxy groups -OCH3 is 1. The van der Waals surface area contributed by atoms with Gasteiger partial charge in [-0.3, -0.25) is 9.59 Å². The van der Waals surface area contributed by atoms with Gasteiger partial charge in [-0.2, -0.15) is 0 Å². The van der Waals surface area contributed by atoms with Crippen LogP contribution in [0.1, 0.15) is 57.8 Å². The van der Waals surface area contributed by atoms with Crippen LogP contribution in [0.15, 0.2) is 0 Å². The zero-order valence-corrected chi connectivity index (χ0v) is 14.6. The van der Waals surface area contributed by atoms with E-state index >= 15 is 0 Å². The van der Waals surface area contributed by atoms with E-state index in [0.717, 1.165) is 25.7 Å². The maximum Gasteiger partial charge on any atom is 0.305 e. The second kappa shape index (κ2) is 10.6. The van der Waals surface area contributed by atoms with E-state index < -0.39 is 10.0 Å². The van der Waals surface area contributed by atoms with E-state index in [-0.39, 0.29) is 43.1 Å². The molecule has 1 amide bonds. The first kappa shape index (κ1) is 19.9. The summed E-state index contributed by atoms with van der Waals surface area (Å²) in [6.07, 6.45) is 6.76. The molecule has 23 heavy (non-hydrogen) atoms. The van der Waals surface area contributed by atoms with Crippen LogP contribution in [0, 0.1) is 0 Å². The molecular formula is C15H28N2O5S. The number of nitrogens with one attached hydrogen (secondary N) is 2. The third-order valence-corrected chi connectivity index (χ3v) is 5.39. The van der Waals surface area contributed by atoms with Crippen molar-refractivity contribution < 1.29 is 22.7 Å². The van der Waals surface area contributed by atoms with E-state index in [9.17, 15) is 18.0 Å². The van der Waals surface area contributed by atoms with E-state index in [1.54, 1.807) is 0 Å². The molecule has 2 N–H and O–H groups in total. The van der Waals surface area contributed by atoms with Crippen LogP contribution in [0.25, 0.3) is 0 Å². The van der Waals surface area contributed by atoms with Crippen molar-refractivity contribution in [1.82, 2.24) is 10.0 Å². The number of hydrogen-bond donors (Lipinski definition) is 2. The monoisotopic (exact) mass is 348 g/mol. The third kappa shape index (κ3) is 9.55. The molecule has 8 heteroatoms. The molecule has 1 fully saturated rings. The second-order valence-corrected chi connectivity index (χ2v) is 7.83. The summed E-state index contributed by atoms with van der Waals surface area (Å²) in [6, 6.07) is 0.242. The van der Waals surface area contributed by atoms with Crippen molar-refractivity contribution in [2.45, 2.75) is 63.8 Å². The Labute approximate surface area is 138 Å². The first-order chi connectivity index (χ1) is 10.9. The van der Waals surface area contributed by atoms with Gasteiger partial charge in [0.1, 0.15) is 0 Å². The molecule has 0 heterocycles. The summed E-state index contributed by atoms with van der Waals surface area (Å²) in [4.78, 5) is 22.7. The Morgan fingerprint density at radius 3 is 2.43 bits per heavy atom. The lowest BCUT2D eigenvalue weighted by molar-refractivity contribution is -0.140. The van der Waals surface area contributed by atoms with Crippen molar-refractivity contribution >= 4 is 21.9 Å². The van der Waals surface area contributed by atoms with Crippen molar-refractivity contribution in [3.63, 3.8) is 0 Å². The number of ether oxygens (including phenoxy) is 1. The predicted molar refractivity (Wildman–Crippen MR) is 87.3 cm³/mol. The highest BCUT2D eigenvalue weighted by Crippen LogP contribution is 2.17. The van der Waals surface area contributed by atoms with Crippen LogP contribution in [-0.2, 0) is 24.3 Å². The number of amides is 1. The van der Waals surface area contributed by atoms with E-state index in [2.05, 4.69) is 14.8 Å². The van der Waals surface area contributed by atoms with Crippen LogP contribution >= 0.6 is 0 Å². The molecule has 0 unspecified atom stereocenters. The maximum absolute atomic E-state index is 11.8. The number of hydrogen-bond acceptors (Lipinski definition) is 5. The molecular weight excluding hydrogens is 320 g/mol. The number of carbonyl (C=O) groups excluding carboxylic acids is 2. The smallest absolute Gasteiger partial charge is 0.305 e. The standard InChI is InChI=1S/C15H28N2O5S/c1-22-15(19)9-5-6-12-23(20,21)16-11-10-14(18)17-13-7-3-2-4-8-13/h13,16H,2-12H2,1H3,(H,17,18). The van der Waals surface area contributed by atoms with E-state index in [0.29, 0.717) is 12.8 Å². The minimum absolute atomic E-state index is 0.0474. The second-order valence-electron chi connectivity index (χ2n) is 5.90. The fourth-order valence-corrected chi connectivity index (χ4v) is 3.74. The molecule has 0 aromatic heterocycles. The first-order valence-electron chi connectivity index (χ1n) is 8.26. The lowest BCUT2D eigenvalue weighted by atomic mass is 9.95. The molecule has 0 bridgehead atoms. The summed E-state index contributed by atoms with van der Waals surface area (Å²) in [5.74, 6) is -0.492. The molecule has 1 aliphatic rings. The van der Waals surface area contributed by atoms with Crippen molar-refractivity contribution in [1.29, 1.82) is 0 Å². The van der Waals surface area contributed by atoms with Gasteiger partial charge in [-0.25, -0.2) is 13.1 Å². The summed E-state index contributed by atoms with van der Waals surface area (Å²) in [5, 5.41) is 2.95. The molecule has 1 aliphatic carbocycles. The minimum atomic E-state index is -3.40. The molecule has 0 saturated heterocycles. The van der Waals surface area contributed by atoms with Gasteiger partial charge < -0.3 is 10.1 Å². The van der Waals surface area contributed by atoms with Gasteiger partial charge in [-0.05, 0) is 25.7 Å². The normalized spacial score (nSPS) is 16.0. The number of unbranched alkanes of at least 4 members (excludes halogenated alkanes) is 1. The molecule has 0 spiro atoms. The average molecular weight is 348 g/mol. The predicted octanol–water partition coefficient (Wildman–Crippen LogP) is 1.09. The third-order valence-electron chi connectivity index (χ3n) is 3.92. The SMILES string of the molecule is COC(=O)CCCCS(=O)(=O)NCCC(=O)NC1CCCCC1. The quantitative estimate of drug-likeness (QED) is 0.454. The fourth-order valence-electron chi connectivity index (χ4n) is 2.60. The Bertz CT molecular complexity index is 472. The van der Waals surface area contributed by atoms with E-state index in [1.807, 2.05) is 0 Å². The Hall–Kier alpha value is -1.15. The molecule has 1 rings (SSSR count). The van der Waals surface area contributed by atoms with E-state index in [4.69, 9.17) is 0 Å². The summed E-state index contributed by atoms with van der Waals surface area (Å²) >= 11 is 0. The minimum Gasteiger partial charge on any atom is -0.469 e. The summed E-state index contributed by atoms with van der Waals surface area (Å²) in [6.45, 7) is 0.109. The van der Waals surface area contributed by atoms with Crippen LogP contribution in [0.2, 0.25) is 0 Å². The van der Waals surface area contributed by atoms with Crippen molar-refractivity contribution in [2.24, 2.45) is 0 Å². The van der Waals surface area contributed by atoms with Crippen LogP contribution in [-0.4, -0.2) is 45.7 Å². The topological polar surface area (TPSA) is 102 Å². The molecule has 0 aromatic carbocycles. The van der Waals surface area contributed by atoms with Gasteiger partial charge in [0.25, 0.3) is 0 Å². The summed E-state index contributed by atoms with van der Waals surface area (Å²) < 4.78 is 30.4. The Morgan fingerprint density at radius 1 is 1.09 bits per heavy atom. The van der Waals surface area contributed by atoms with Crippen LogP contribution in [0.4, 0.5) is 0 Å². The zero-order chi connectivity index (χ0) is 17.1. The highest BCUT2D eigenvalue weighted by Gasteiger charge is 2.16. The van der Waals surface area contributed by atoms with Crippen LogP contribution in [0.3, 0.4) is 0 Å². The molecule has 1 saturated carbocycles. The van der Waals surface area contributed by atoms with Crippen LogP contribution < -0.4 is 10.0 Å². The van der Waals surface area contributed by atoms with Crippen molar-refractivity contribution in [3.05, 3.63) is 0 Å². The maximum atomic E-state index is 11.8. The van der Waals surface area contributed by atoms with E-state index in [1.165, 1.54) is 13.5 Å². The lowest BCUT2D eigenvalue weighted by Crippen LogP contribution is -2.38. The molecule has 134 valence electrons. The van der Waals surface area contributed by atoms with Crippen molar-refractivity contribution in [2.75, 3.05) is 19.4 Å². The largest absolute Gasteiger partial charge is 0.469 e. The van der Waals surface area contributed by atoms with Crippen LogP contribution in [0.5, 0.6) is 0 Å². The Balaban J connectivity index is 2.12. The number of rotatable bonds is 10. The van der Waals surface area contributed by atoms with Gasteiger partial charge in [-0.15, -0.1) is 0 Å². The van der Waals surface area contributed by atoms with Gasteiger partial charge in [-0.1, -0.05) is 19.3 Å². The summed E-state index contributed by atoms with van der Waals surface area (Å²) in [7, 11) is -2.09. The number of esters is 1. The number of carbonyl (C=O) groups is 2. The Morgan fingerprint density at radius 2 is 1.78 bits per heavy atom. The number of sulfonamides is 1. The van der Waals surface area contributed by atoms with Gasteiger partial charge in [0, 0.05) is 25.4 Å². The van der Waals surface area contributed by atoms with Gasteiger partial charge >= 0.3 is 5.97 Å². The highest BCUT2D eigenvalue weighted by molar-refractivity contribution is 7.89. The fraction of sp³-hybridized carbons (Fsp3) is 0.867. The molecule has 0 atom stereocenters. The van der Waals surface area contributed by atoms with Crippen molar-refractivity contribution in [3.8, 4) is 0 Å². The average Bonchev–Trinajstić information content (AvgIpc) is 2.52. The van der Waals surface area contributed by atoms with Gasteiger partial charge in [0.05, 0.1) is 12.9 Å². The molecule has 7 nitrogen and oxygen atoms in total. The molecule has 0 aromatic rings. The van der Waals surface area contributed by atoms with Gasteiger partial charge in [0.15, 0.2) is 0 Å². The first-order valence-corrected chi connectivity index (χ1v) is 9.91. The Kier molecular flexibility index (Phi) is 9.16.